The number of aryl methyl sites for hydroxylation is 2. The van der Waals surface area contributed by atoms with Crippen molar-refractivity contribution in [3.05, 3.63) is 83.8 Å². The number of carbonyl (C=O) groups is 1. The Morgan fingerprint density at radius 3 is 2.79 bits per heavy atom. The van der Waals surface area contributed by atoms with Crippen LogP contribution in [0.5, 0.6) is 0 Å². The van der Waals surface area contributed by atoms with E-state index in [1.165, 1.54) is 12.4 Å². The van der Waals surface area contributed by atoms with Crippen molar-refractivity contribution in [1.29, 1.82) is 0 Å². The largest absolute Gasteiger partial charge is 0.356 e. The number of aromatic amines is 1. The van der Waals surface area contributed by atoms with Gasteiger partial charge in [-0.2, -0.15) is 5.10 Å². The van der Waals surface area contributed by atoms with E-state index in [4.69, 9.17) is 0 Å². The van der Waals surface area contributed by atoms with Crippen LogP contribution in [0.25, 0.3) is 10.9 Å². The molecule has 0 aliphatic rings. The number of hydrogen-bond acceptors (Lipinski definition) is 3. The van der Waals surface area contributed by atoms with Gasteiger partial charge >= 0.3 is 0 Å². The van der Waals surface area contributed by atoms with E-state index in [0.29, 0.717) is 18.5 Å². The number of nitrogens with zero attached hydrogens (tertiary/aromatic N) is 3. The first-order valence-corrected chi connectivity index (χ1v) is 9.54. The molecule has 29 heavy (non-hydrogen) atoms. The maximum atomic E-state index is 14.0. The molecule has 4 rings (SSSR count). The van der Waals surface area contributed by atoms with E-state index in [2.05, 4.69) is 20.4 Å². The highest BCUT2D eigenvalue weighted by atomic mass is 19.1. The molecule has 0 saturated heterocycles. The van der Waals surface area contributed by atoms with E-state index in [1.807, 2.05) is 43.3 Å². The van der Waals surface area contributed by atoms with E-state index in [9.17, 15) is 9.18 Å². The van der Waals surface area contributed by atoms with E-state index in [1.54, 1.807) is 17.1 Å². The molecule has 0 saturated carbocycles. The molecule has 0 radical (unpaired) electrons. The number of H-pyrrole nitrogens is 1. The predicted molar refractivity (Wildman–Crippen MR) is 109 cm³/mol. The predicted octanol–water partition coefficient (Wildman–Crippen LogP) is 3.70. The minimum Gasteiger partial charge on any atom is -0.356 e. The van der Waals surface area contributed by atoms with Gasteiger partial charge in [0, 0.05) is 17.6 Å². The zero-order valence-corrected chi connectivity index (χ0v) is 16.1. The lowest BCUT2D eigenvalue weighted by atomic mass is 10.0. The van der Waals surface area contributed by atoms with Crippen molar-refractivity contribution in [1.82, 2.24) is 25.1 Å². The van der Waals surface area contributed by atoms with Gasteiger partial charge in [-0.15, -0.1) is 0 Å². The molecule has 1 unspecified atom stereocenters. The van der Waals surface area contributed by atoms with Crippen LogP contribution in [-0.2, 0) is 17.8 Å². The number of nitrogens with one attached hydrogen (secondary N) is 2. The summed E-state index contributed by atoms with van der Waals surface area (Å²) >= 11 is 0. The molecular weight excluding hydrogens is 369 g/mol. The third-order valence-corrected chi connectivity index (χ3v) is 5.09. The molecule has 1 amide bonds. The molecule has 1 atom stereocenters. The number of halogens is 1. The fourth-order valence-corrected chi connectivity index (χ4v) is 3.62. The second-order valence-electron chi connectivity index (χ2n) is 7.05. The highest BCUT2D eigenvalue weighted by molar-refractivity contribution is 5.90. The summed E-state index contributed by atoms with van der Waals surface area (Å²) in [5, 5.41) is 8.01. The molecule has 2 N–H and O–H groups in total. The lowest BCUT2D eigenvalue weighted by molar-refractivity contribution is -0.121. The van der Waals surface area contributed by atoms with Gasteiger partial charge < -0.3 is 10.3 Å². The van der Waals surface area contributed by atoms with Crippen LogP contribution in [0.15, 0.2) is 61.2 Å². The molecular formula is C22H22FN5O. The van der Waals surface area contributed by atoms with Crippen LogP contribution in [0.1, 0.15) is 29.3 Å². The summed E-state index contributed by atoms with van der Waals surface area (Å²) in [4.78, 5) is 19.9. The van der Waals surface area contributed by atoms with E-state index in [-0.39, 0.29) is 24.2 Å². The molecule has 2 aromatic carbocycles. The number of hydrogen-bond donors (Lipinski definition) is 2. The zero-order valence-electron chi connectivity index (χ0n) is 16.1. The molecule has 0 aliphatic heterocycles. The lowest BCUT2D eigenvalue weighted by Crippen LogP contribution is -2.30. The van der Waals surface area contributed by atoms with Gasteiger partial charge in [0.1, 0.15) is 18.5 Å². The molecule has 0 bridgehead atoms. The number of benzene rings is 2. The van der Waals surface area contributed by atoms with Crippen molar-refractivity contribution < 1.29 is 9.18 Å². The van der Waals surface area contributed by atoms with Crippen LogP contribution >= 0.6 is 0 Å². The van der Waals surface area contributed by atoms with E-state index >= 15 is 0 Å². The maximum Gasteiger partial charge on any atom is 0.224 e. The zero-order chi connectivity index (χ0) is 20.2. The molecule has 2 heterocycles. The van der Waals surface area contributed by atoms with Gasteiger partial charge in [0.05, 0.1) is 18.0 Å². The van der Waals surface area contributed by atoms with Crippen LogP contribution in [0.3, 0.4) is 0 Å². The van der Waals surface area contributed by atoms with Gasteiger partial charge in [-0.1, -0.05) is 42.5 Å². The molecule has 0 spiro atoms. The second-order valence-corrected chi connectivity index (χ2v) is 7.05. The summed E-state index contributed by atoms with van der Waals surface area (Å²) in [5.41, 5.74) is 3.10. The van der Waals surface area contributed by atoms with Crippen molar-refractivity contribution in [3.8, 4) is 0 Å². The second kappa shape index (κ2) is 8.26. The topological polar surface area (TPSA) is 75.6 Å². The van der Waals surface area contributed by atoms with Crippen LogP contribution in [0.2, 0.25) is 0 Å². The maximum absolute atomic E-state index is 14.0. The quantitative estimate of drug-likeness (QED) is 0.504. The number of amides is 1. The van der Waals surface area contributed by atoms with E-state index < -0.39 is 0 Å². The normalized spacial score (nSPS) is 12.2. The highest BCUT2D eigenvalue weighted by Crippen LogP contribution is 2.25. The van der Waals surface area contributed by atoms with Crippen molar-refractivity contribution in [3.63, 3.8) is 0 Å². The third kappa shape index (κ3) is 4.18. The average molecular weight is 391 g/mol. The van der Waals surface area contributed by atoms with Crippen LogP contribution < -0.4 is 5.32 Å². The smallest absolute Gasteiger partial charge is 0.224 e. The van der Waals surface area contributed by atoms with E-state index in [0.717, 1.165) is 22.2 Å². The summed E-state index contributed by atoms with van der Waals surface area (Å²) in [6, 6.07) is 14.6. The van der Waals surface area contributed by atoms with Gasteiger partial charge in [-0.3, -0.25) is 9.48 Å². The molecule has 0 aliphatic carbocycles. The number of rotatable bonds is 7. The van der Waals surface area contributed by atoms with Gasteiger partial charge in [-0.25, -0.2) is 9.37 Å². The Morgan fingerprint density at radius 1 is 1.21 bits per heavy atom. The SMILES string of the molecule is Cc1[nH]c2c(F)cccc2c1CC(=O)NC(CCn1cncn1)c1ccccc1. The number of carbonyl (C=O) groups excluding carboxylic acids is 1. The Bertz CT molecular complexity index is 1110. The Kier molecular flexibility index (Phi) is 5.37. The molecule has 148 valence electrons. The Balaban J connectivity index is 1.52. The molecule has 6 nitrogen and oxygen atoms in total. The van der Waals surface area contributed by atoms with Gasteiger partial charge in [0.2, 0.25) is 5.91 Å². The summed E-state index contributed by atoms with van der Waals surface area (Å²) < 4.78 is 15.8. The molecule has 2 aromatic heterocycles. The van der Waals surface area contributed by atoms with Crippen LogP contribution in [-0.4, -0.2) is 25.7 Å². The Hall–Kier alpha value is -3.48. The van der Waals surface area contributed by atoms with Gasteiger partial charge in [0.15, 0.2) is 0 Å². The summed E-state index contributed by atoms with van der Waals surface area (Å²) in [6.07, 6.45) is 4.02. The number of para-hydroxylation sites is 1. The van der Waals surface area contributed by atoms with Crippen LogP contribution in [0.4, 0.5) is 4.39 Å². The summed E-state index contributed by atoms with van der Waals surface area (Å²) in [7, 11) is 0. The standard InChI is InChI=1S/C22H22FN5O/c1-15-18(17-8-5-9-19(23)22(17)26-15)12-21(29)27-20(16-6-3-2-4-7-16)10-11-28-14-24-13-25-28/h2-9,13-14,20,26H,10-12H2,1H3,(H,27,29). The molecule has 4 aromatic rings. The van der Waals surface area contributed by atoms with Crippen molar-refractivity contribution in [2.45, 2.75) is 32.4 Å². The lowest BCUT2D eigenvalue weighted by Gasteiger charge is -2.19. The molecule has 7 heteroatoms. The highest BCUT2D eigenvalue weighted by Gasteiger charge is 2.18. The van der Waals surface area contributed by atoms with Crippen molar-refractivity contribution in [2.75, 3.05) is 0 Å². The summed E-state index contributed by atoms with van der Waals surface area (Å²) in [6.45, 7) is 2.50. The summed E-state index contributed by atoms with van der Waals surface area (Å²) in [5.74, 6) is -0.419. The monoisotopic (exact) mass is 391 g/mol. The van der Waals surface area contributed by atoms with Gasteiger partial charge in [0.25, 0.3) is 0 Å². The average Bonchev–Trinajstić information content (AvgIpc) is 3.35. The van der Waals surface area contributed by atoms with Crippen LogP contribution in [0, 0.1) is 12.7 Å². The Labute approximate surface area is 167 Å². The molecule has 0 fully saturated rings. The minimum absolute atomic E-state index is 0.106. The van der Waals surface area contributed by atoms with Crippen molar-refractivity contribution >= 4 is 16.8 Å². The first-order chi connectivity index (χ1) is 14.1. The fourth-order valence-electron chi connectivity index (χ4n) is 3.62. The Morgan fingerprint density at radius 2 is 2.03 bits per heavy atom. The minimum atomic E-state index is -0.313. The number of aromatic nitrogens is 4. The fraction of sp³-hybridized carbons (Fsp3) is 0.227. The first-order valence-electron chi connectivity index (χ1n) is 9.54. The van der Waals surface area contributed by atoms with Crippen molar-refractivity contribution in [2.24, 2.45) is 0 Å². The first kappa shape index (κ1) is 18.9. The van der Waals surface area contributed by atoms with Gasteiger partial charge in [-0.05, 0) is 30.5 Å². The third-order valence-electron chi connectivity index (χ3n) is 5.09. The number of fused-ring (bicyclic) bond motifs is 1.